The highest BCUT2D eigenvalue weighted by Crippen LogP contribution is 2.16. The second kappa shape index (κ2) is 10.6. The van der Waals surface area contributed by atoms with E-state index in [1.165, 1.54) is 0 Å². The summed E-state index contributed by atoms with van der Waals surface area (Å²) in [5, 5.41) is 0. The van der Waals surface area contributed by atoms with E-state index < -0.39 is 9.84 Å². The third-order valence-corrected chi connectivity index (χ3v) is 5.99. The van der Waals surface area contributed by atoms with E-state index >= 15 is 0 Å². The summed E-state index contributed by atoms with van der Waals surface area (Å²) in [7, 11) is -3.27. The van der Waals surface area contributed by atoms with Gasteiger partial charge in [-0.05, 0) is 24.3 Å². The van der Waals surface area contributed by atoms with E-state index in [4.69, 9.17) is 5.73 Å². The molecule has 0 aromatic heterocycles. The van der Waals surface area contributed by atoms with Crippen LogP contribution < -0.4 is 5.73 Å². The van der Waals surface area contributed by atoms with Gasteiger partial charge in [0.15, 0.2) is 9.84 Å². The van der Waals surface area contributed by atoms with Gasteiger partial charge in [-0.3, -0.25) is 9.69 Å². The average Bonchev–Trinajstić information content (AvgIpc) is 2.53. The quantitative estimate of drug-likeness (QED) is 0.709. The van der Waals surface area contributed by atoms with Gasteiger partial charge in [-0.2, -0.15) is 0 Å². The number of piperazine rings is 1. The fourth-order valence-corrected chi connectivity index (χ4v) is 3.91. The molecule has 1 aromatic rings. The van der Waals surface area contributed by atoms with Gasteiger partial charge in [0.05, 0.1) is 17.2 Å². The summed E-state index contributed by atoms with van der Waals surface area (Å²) < 4.78 is 25.4. The van der Waals surface area contributed by atoms with Crippen LogP contribution in [0.25, 0.3) is 0 Å². The summed E-state index contributed by atoms with van der Waals surface area (Å²) in [4.78, 5) is 15.6. The molecule has 6 nitrogen and oxygen atoms in total. The van der Waals surface area contributed by atoms with E-state index in [9.17, 15) is 13.2 Å². The second-order valence-electron chi connectivity index (χ2n) is 5.20. The topological polar surface area (TPSA) is 83.7 Å². The first-order valence-corrected chi connectivity index (χ1v) is 9.55. The normalized spacial score (nSPS) is 15.3. The maximum absolute atomic E-state index is 12.3. The first-order chi connectivity index (χ1) is 10.4. The van der Waals surface area contributed by atoms with Gasteiger partial charge < -0.3 is 10.6 Å². The Kier molecular flexibility index (Phi) is 10.4. The predicted molar refractivity (Wildman–Crippen MR) is 103 cm³/mol. The Balaban J connectivity index is 0.00000264. The van der Waals surface area contributed by atoms with Crippen molar-refractivity contribution in [1.82, 2.24) is 9.80 Å². The molecular formula is C14H22BrCl2N3O3S. The molecule has 0 unspecified atom stereocenters. The van der Waals surface area contributed by atoms with Gasteiger partial charge in [0.1, 0.15) is 0 Å². The second-order valence-corrected chi connectivity index (χ2v) is 8.22. The van der Waals surface area contributed by atoms with Crippen molar-refractivity contribution in [2.75, 3.05) is 45.0 Å². The third-order valence-electron chi connectivity index (χ3n) is 3.75. The highest BCUT2D eigenvalue weighted by molar-refractivity contribution is 9.10. The van der Waals surface area contributed by atoms with Crippen LogP contribution in [-0.4, -0.2) is 69.1 Å². The van der Waals surface area contributed by atoms with Crippen LogP contribution in [0.15, 0.2) is 33.6 Å². The van der Waals surface area contributed by atoms with Crippen molar-refractivity contribution in [3.63, 3.8) is 0 Å². The molecule has 1 aromatic carbocycles. The summed E-state index contributed by atoms with van der Waals surface area (Å²) in [6.07, 6.45) is 0. The lowest BCUT2D eigenvalue weighted by Crippen LogP contribution is -2.51. The van der Waals surface area contributed by atoms with Crippen molar-refractivity contribution >= 4 is 56.5 Å². The molecule has 1 aliphatic heterocycles. The standard InChI is InChI=1S/C14H20BrN3O3S.2ClH/c15-12-1-3-13(4-2-12)22(20,21)10-9-17-5-7-18(8-6-17)14(19)11-16;;/h1-4H,5-11,16H2;2*1H. The van der Waals surface area contributed by atoms with Crippen molar-refractivity contribution in [2.45, 2.75) is 4.90 Å². The van der Waals surface area contributed by atoms with Gasteiger partial charge in [0.2, 0.25) is 5.91 Å². The van der Waals surface area contributed by atoms with Crippen molar-refractivity contribution in [2.24, 2.45) is 5.73 Å². The number of nitrogens with two attached hydrogens (primary N) is 1. The molecule has 10 heteroatoms. The monoisotopic (exact) mass is 461 g/mol. The maximum Gasteiger partial charge on any atom is 0.236 e. The van der Waals surface area contributed by atoms with E-state index in [2.05, 4.69) is 20.8 Å². The van der Waals surface area contributed by atoms with Crippen LogP contribution in [0.4, 0.5) is 0 Å². The van der Waals surface area contributed by atoms with Gasteiger partial charge >= 0.3 is 0 Å². The number of nitrogens with zero attached hydrogens (tertiary/aromatic N) is 2. The van der Waals surface area contributed by atoms with E-state index in [0.717, 1.165) is 4.47 Å². The zero-order valence-electron chi connectivity index (χ0n) is 13.1. The summed E-state index contributed by atoms with van der Waals surface area (Å²) in [5.74, 6) is 0.0292. The zero-order chi connectivity index (χ0) is 16.2. The summed E-state index contributed by atoms with van der Waals surface area (Å²) in [6, 6.07) is 6.67. The van der Waals surface area contributed by atoms with Crippen LogP contribution >= 0.6 is 40.7 Å². The third kappa shape index (κ3) is 6.50. The Morgan fingerprint density at radius 2 is 1.62 bits per heavy atom. The molecule has 24 heavy (non-hydrogen) atoms. The minimum atomic E-state index is -3.27. The molecule has 0 atom stereocenters. The lowest BCUT2D eigenvalue weighted by Gasteiger charge is -2.34. The molecule has 0 radical (unpaired) electrons. The number of hydrogen-bond donors (Lipinski definition) is 1. The summed E-state index contributed by atoms with van der Waals surface area (Å²) >= 11 is 3.29. The van der Waals surface area contributed by atoms with Gasteiger partial charge in [0, 0.05) is 37.2 Å². The number of rotatable bonds is 5. The smallest absolute Gasteiger partial charge is 0.236 e. The highest BCUT2D eigenvalue weighted by atomic mass is 79.9. The van der Waals surface area contributed by atoms with Crippen molar-refractivity contribution in [1.29, 1.82) is 0 Å². The Bertz CT molecular complexity index is 621. The molecule has 138 valence electrons. The number of carbonyl (C=O) groups excluding carboxylic acids is 1. The van der Waals surface area contributed by atoms with Crippen LogP contribution in [-0.2, 0) is 14.6 Å². The average molecular weight is 463 g/mol. The molecule has 0 spiro atoms. The van der Waals surface area contributed by atoms with Crippen LogP contribution in [0, 0.1) is 0 Å². The number of amides is 1. The molecular weight excluding hydrogens is 441 g/mol. The Labute approximate surface area is 163 Å². The molecule has 0 bridgehead atoms. The van der Waals surface area contributed by atoms with Crippen LogP contribution in [0.5, 0.6) is 0 Å². The fraction of sp³-hybridized carbons (Fsp3) is 0.500. The summed E-state index contributed by atoms with van der Waals surface area (Å²) in [5.41, 5.74) is 5.34. The molecule has 1 fully saturated rings. The van der Waals surface area contributed by atoms with E-state index in [1.807, 2.05) is 0 Å². The van der Waals surface area contributed by atoms with Gasteiger partial charge in [-0.15, -0.1) is 24.8 Å². The minimum absolute atomic E-state index is 0. The van der Waals surface area contributed by atoms with Gasteiger partial charge in [-0.1, -0.05) is 15.9 Å². The minimum Gasteiger partial charge on any atom is -0.339 e. The number of carbonyl (C=O) groups is 1. The highest BCUT2D eigenvalue weighted by Gasteiger charge is 2.22. The Morgan fingerprint density at radius 3 is 2.12 bits per heavy atom. The van der Waals surface area contributed by atoms with E-state index in [1.54, 1.807) is 29.2 Å². The van der Waals surface area contributed by atoms with Crippen molar-refractivity contribution in [3.8, 4) is 0 Å². The van der Waals surface area contributed by atoms with Crippen molar-refractivity contribution in [3.05, 3.63) is 28.7 Å². The van der Waals surface area contributed by atoms with Gasteiger partial charge in [0.25, 0.3) is 0 Å². The fourth-order valence-electron chi connectivity index (χ4n) is 2.36. The van der Waals surface area contributed by atoms with Crippen LogP contribution in [0.1, 0.15) is 0 Å². The maximum atomic E-state index is 12.3. The molecule has 0 aliphatic carbocycles. The summed E-state index contributed by atoms with van der Waals surface area (Å²) in [6.45, 7) is 3.08. The van der Waals surface area contributed by atoms with Crippen LogP contribution in [0.3, 0.4) is 0 Å². The molecule has 0 saturated carbocycles. The molecule has 2 N–H and O–H groups in total. The Morgan fingerprint density at radius 1 is 1.08 bits per heavy atom. The zero-order valence-corrected chi connectivity index (χ0v) is 17.1. The number of hydrogen-bond acceptors (Lipinski definition) is 5. The lowest BCUT2D eigenvalue weighted by atomic mass is 10.3. The number of benzene rings is 1. The van der Waals surface area contributed by atoms with Crippen LogP contribution in [0.2, 0.25) is 0 Å². The lowest BCUT2D eigenvalue weighted by molar-refractivity contribution is -0.131. The first kappa shape index (κ1) is 23.6. The molecule has 2 rings (SSSR count). The number of halogens is 3. The molecule has 1 heterocycles. The van der Waals surface area contributed by atoms with Gasteiger partial charge in [-0.25, -0.2) is 8.42 Å². The predicted octanol–water partition coefficient (Wildman–Crippen LogP) is 1.17. The van der Waals surface area contributed by atoms with E-state index in [0.29, 0.717) is 37.6 Å². The molecule has 1 amide bonds. The largest absolute Gasteiger partial charge is 0.339 e. The first-order valence-electron chi connectivity index (χ1n) is 7.11. The number of sulfone groups is 1. The SMILES string of the molecule is Cl.Cl.NCC(=O)N1CCN(CCS(=O)(=O)c2ccc(Br)cc2)CC1. The van der Waals surface area contributed by atoms with Crippen molar-refractivity contribution < 1.29 is 13.2 Å². The molecule has 1 saturated heterocycles. The molecule has 1 aliphatic rings. The van der Waals surface area contributed by atoms with E-state index in [-0.39, 0.29) is 43.0 Å². The Hall–Kier alpha value is -0.380.